The van der Waals surface area contributed by atoms with Crippen LogP contribution in [0.5, 0.6) is 0 Å². The number of ether oxygens (including phenoxy) is 1. The molecule has 0 spiro atoms. The van der Waals surface area contributed by atoms with E-state index in [4.69, 9.17) is 10.6 Å². The standard InChI is InChI=1S/C12H21N5O2/c1-2-19-8-11-14-10(16-13)6-12(15-11)17-5-3-4-9(17)7-18/h6,9,18H,2-5,7-8,13H2,1H3,(H,14,15,16). The van der Waals surface area contributed by atoms with Crippen LogP contribution in [0.2, 0.25) is 0 Å². The van der Waals surface area contributed by atoms with E-state index in [9.17, 15) is 5.11 Å². The number of nitrogens with zero attached hydrogens (tertiary/aromatic N) is 3. The summed E-state index contributed by atoms with van der Waals surface area (Å²) < 4.78 is 5.33. The summed E-state index contributed by atoms with van der Waals surface area (Å²) in [5, 5.41) is 9.38. The summed E-state index contributed by atoms with van der Waals surface area (Å²) in [6.07, 6.45) is 2.04. The van der Waals surface area contributed by atoms with Crippen molar-refractivity contribution in [2.75, 3.05) is 30.1 Å². The van der Waals surface area contributed by atoms with Gasteiger partial charge in [0.2, 0.25) is 0 Å². The molecule has 0 aliphatic carbocycles. The molecule has 2 rings (SSSR count). The summed E-state index contributed by atoms with van der Waals surface area (Å²) in [6.45, 7) is 3.92. The normalized spacial score (nSPS) is 18.9. The highest BCUT2D eigenvalue weighted by molar-refractivity contribution is 5.50. The smallest absolute Gasteiger partial charge is 0.158 e. The Labute approximate surface area is 112 Å². The molecule has 19 heavy (non-hydrogen) atoms. The summed E-state index contributed by atoms with van der Waals surface area (Å²) in [5.41, 5.74) is 2.54. The monoisotopic (exact) mass is 267 g/mol. The maximum Gasteiger partial charge on any atom is 0.158 e. The number of rotatable bonds is 6. The van der Waals surface area contributed by atoms with Crippen LogP contribution in [0.25, 0.3) is 0 Å². The zero-order valence-corrected chi connectivity index (χ0v) is 11.2. The molecular formula is C12H21N5O2. The molecule has 106 valence electrons. The zero-order valence-electron chi connectivity index (χ0n) is 11.2. The minimum absolute atomic E-state index is 0.125. The number of aromatic nitrogens is 2. The molecule has 1 unspecified atom stereocenters. The highest BCUT2D eigenvalue weighted by Gasteiger charge is 2.25. The second-order valence-electron chi connectivity index (χ2n) is 4.48. The number of hydrazine groups is 1. The Morgan fingerprint density at radius 2 is 2.42 bits per heavy atom. The number of aliphatic hydroxyl groups is 1. The fourth-order valence-corrected chi connectivity index (χ4v) is 2.29. The zero-order chi connectivity index (χ0) is 13.7. The Morgan fingerprint density at radius 1 is 1.58 bits per heavy atom. The van der Waals surface area contributed by atoms with Gasteiger partial charge in [0.1, 0.15) is 18.2 Å². The van der Waals surface area contributed by atoms with E-state index in [1.165, 1.54) is 0 Å². The largest absolute Gasteiger partial charge is 0.394 e. The molecule has 2 heterocycles. The summed E-state index contributed by atoms with van der Waals surface area (Å²) in [4.78, 5) is 10.8. The summed E-state index contributed by atoms with van der Waals surface area (Å²) in [7, 11) is 0. The van der Waals surface area contributed by atoms with Crippen LogP contribution in [0, 0.1) is 0 Å². The first kappa shape index (κ1) is 14.0. The minimum atomic E-state index is 0.125. The van der Waals surface area contributed by atoms with Gasteiger partial charge in [-0.2, -0.15) is 0 Å². The maximum absolute atomic E-state index is 9.38. The van der Waals surface area contributed by atoms with Gasteiger partial charge < -0.3 is 20.2 Å². The first-order valence-corrected chi connectivity index (χ1v) is 6.58. The average Bonchev–Trinajstić information content (AvgIpc) is 2.93. The van der Waals surface area contributed by atoms with E-state index < -0.39 is 0 Å². The van der Waals surface area contributed by atoms with Crippen LogP contribution < -0.4 is 16.2 Å². The Morgan fingerprint density at radius 3 is 3.11 bits per heavy atom. The van der Waals surface area contributed by atoms with Gasteiger partial charge in [-0.25, -0.2) is 15.8 Å². The molecule has 1 atom stereocenters. The first-order chi connectivity index (χ1) is 9.28. The van der Waals surface area contributed by atoms with Crippen molar-refractivity contribution in [2.24, 2.45) is 5.84 Å². The molecule has 7 heteroatoms. The second kappa shape index (κ2) is 6.65. The molecule has 0 radical (unpaired) electrons. The molecule has 1 aliphatic heterocycles. The average molecular weight is 267 g/mol. The second-order valence-corrected chi connectivity index (χ2v) is 4.48. The van der Waals surface area contributed by atoms with Crippen LogP contribution in [0.1, 0.15) is 25.6 Å². The number of aliphatic hydroxyl groups excluding tert-OH is 1. The predicted octanol–water partition coefficient (Wildman–Crippen LogP) is 0.260. The number of hydrogen-bond donors (Lipinski definition) is 3. The molecule has 4 N–H and O–H groups in total. The van der Waals surface area contributed by atoms with E-state index in [1.807, 2.05) is 6.92 Å². The number of nitrogens with two attached hydrogens (primary N) is 1. The van der Waals surface area contributed by atoms with Crippen molar-refractivity contribution < 1.29 is 9.84 Å². The predicted molar refractivity (Wildman–Crippen MR) is 72.6 cm³/mol. The van der Waals surface area contributed by atoms with Crippen LogP contribution in [-0.4, -0.2) is 40.9 Å². The van der Waals surface area contributed by atoms with E-state index in [1.54, 1.807) is 6.07 Å². The van der Waals surface area contributed by atoms with Gasteiger partial charge in [0.25, 0.3) is 0 Å². The molecule has 1 fully saturated rings. The number of anilines is 2. The molecule has 1 aliphatic rings. The first-order valence-electron chi connectivity index (χ1n) is 6.58. The molecule has 0 aromatic carbocycles. The van der Waals surface area contributed by atoms with Gasteiger partial charge in [-0.05, 0) is 19.8 Å². The third kappa shape index (κ3) is 3.31. The molecule has 1 aromatic rings. The fourth-order valence-electron chi connectivity index (χ4n) is 2.29. The number of nitrogens with one attached hydrogen (secondary N) is 1. The number of hydrogen-bond acceptors (Lipinski definition) is 7. The van der Waals surface area contributed by atoms with E-state index in [0.29, 0.717) is 24.9 Å². The van der Waals surface area contributed by atoms with Crippen LogP contribution in [0.4, 0.5) is 11.6 Å². The molecule has 0 amide bonds. The lowest BCUT2D eigenvalue weighted by atomic mass is 10.2. The topological polar surface area (TPSA) is 96.5 Å². The van der Waals surface area contributed by atoms with Crippen molar-refractivity contribution >= 4 is 11.6 Å². The third-order valence-corrected chi connectivity index (χ3v) is 3.22. The van der Waals surface area contributed by atoms with Gasteiger partial charge in [0.15, 0.2) is 5.82 Å². The van der Waals surface area contributed by atoms with Crippen LogP contribution in [-0.2, 0) is 11.3 Å². The molecule has 1 saturated heterocycles. The molecular weight excluding hydrogens is 246 g/mol. The Kier molecular flexibility index (Phi) is 4.89. The fraction of sp³-hybridized carbons (Fsp3) is 0.667. The lowest BCUT2D eigenvalue weighted by Gasteiger charge is -2.24. The van der Waals surface area contributed by atoms with Crippen LogP contribution in [0.3, 0.4) is 0 Å². The Bertz CT molecular complexity index is 415. The third-order valence-electron chi connectivity index (χ3n) is 3.22. The highest BCUT2D eigenvalue weighted by Crippen LogP contribution is 2.25. The molecule has 7 nitrogen and oxygen atoms in total. The van der Waals surface area contributed by atoms with Crippen molar-refractivity contribution in [2.45, 2.75) is 32.4 Å². The van der Waals surface area contributed by atoms with Crippen molar-refractivity contribution in [3.8, 4) is 0 Å². The van der Waals surface area contributed by atoms with E-state index in [2.05, 4.69) is 20.3 Å². The maximum atomic E-state index is 9.38. The van der Waals surface area contributed by atoms with Crippen molar-refractivity contribution in [3.63, 3.8) is 0 Å². The highest BCUT2D eigenvalue weighted by atomic mass is 16.5. The van der Waals surface area contributed by atoms with Crippen molar-refractivity contribution in [3.05, 3.63) is 11.9 Å². The van der Waals surface area contributed by atoms with Gasteiger partial charge in [-0.1, -0.05) is 0 Å². The van der Waals surface area contributed by atoms with E-state index >= 15 is 0 Å². The lowest BCUT2D eigenvalue weighted by Crippen LogP contribution is -2.33. The van der Waals surface area contributed by atoms with E-state index in [0.717, 1.165) is 25.2 Å². The Balaban J connectivity index is 2.23. The lowest BCUT2D eigenvalue weighted by molar-refractivity contribution is 0.128. The Hall–Kier alpha value is -1.44. The van der Waals surface area contributed by atoms with Gasteiger partial charge in [-0.15, -0.1) is 0 Å². The van der Waals surface area contributed by atoms with Crippen LogP contribution in [0.15, 0.2) is 6.07 Å². The summed E-state index contributed by atoms with van der Waals surface area (Å²) in [5.74, 6) is 7.37. The van der Waals surface area contributed by atoms with E-state index in [-0.39, 0.29) is 12.6 Å². The minimum Gasteiger partial charge on any atom is -0.394 e. The van der Waals surface area contributed by atoms with Gasteiger partial charge >= 0.3 is 0 Å². The SMILES string of the molecule is CCOCc1nc(NN)cc(N2CCCC2CO)n1. The molecule has 0 saturated carbocycles. The number of nitrogen functional groups attached to an aromatic ring is 1. The van der Waals surface area contributed by atoms with Gasteiger partial charge in [0.05, 0.1) is 12.6 Å². The van der Waals surface area contributed by atoms with Crippen molar-refractivity contribution in [1.82, 2.24) is 9.97 Å². The molecule has 1 aromatic heterocycles. The molecule has 0 bridgehead atoms. The quantitative estimate of drug-likeness (QED) is 0.502. The van der Waals surface area contributed by atoms with Gasteiger partial charge in [-0.3, -0.25) is 0 Å². The van der Waals surface area contributed by atoms with Crippen molar-refractivity contribution in [1.29, 1.82) is 0 Å². The van der Waals surface area contributed by atoms with Crippen LogP contribution >= 0.6 is 0 Å². The summed E-state index contributed by atoms with van der Waals surface area (Å²) in [6, 6.07) is 1.92. The van der Waals surface area contributed by atoms with Gasteiger partial charge in [0, 0.05) is 19.2 Å². The summed E-state index contributed by atoms with van der Waals surface area (Å²) >= 11 is 0.